The van der Waals surface area contributed by atoms with Crippen LogP contribution in [0.1, 0.15) is 25.8 Å². The van der Waals surface area contributed by atoms with Gasteiger partial charge in [0.05, 0.1) is 10.5 Å². The first-order valence-electron chi connectivity index (χ1n) is 6.77. The van der Waals surface area contributed by atoms with Crippen molar-refractivity contribution in [2.24, 2.45) is 0 Å². The van der Waals surface area contributed by atoms with Gasteiger partial charge >= 0.3 is 0 Å². The molecule has 0 radical (unpaired) electrons. The molecule has 0 saturated heterocycles. The molecule has 116 valence electrons. The van der Waals surface area contributed by atoms with Crippen LogP contribution in [0.4, 0.5) is 5.69 Å². The van der Waals surface area contributed by atoms with E-state index < -0.39 is 10.0 Å². The van der Waals surface area contributed by atoms with Gasteiger partial charge in [0.1, 0.15) is 6.07 Å². The Hall–Kier alpha value is -1.62. The fourth-order valence-electron chi connectivity index (χ4n) is 1.74. The maximum atomic E-state index is 12.2. The average Bonchev–Trinajstić information content (AvgIpc) is 2.42. The van der Waals surface area contributed by atoms with Crippen LogP contribution in [0.5, 0.6) is 0 Å². The largest absolute Gasteiger partial charge is 0.399 e. The first-order chi connectivity index (χ1) is 9.77. The molecule has 1 rings (SSSR count). The van der Waals surface area contributed by atoms with E-state index in [2.05, 4.69) is 23.5 Å². The Bertz CT molecular complexity index is 620. The smallest absolute Gasteiger partial charge is 0.241 e. The van der Waals surface area contributed by atoms with Gasteiger partial charge in [-0.05, 0) is 52.1 Å². The number of sulfonamides is 1. The van der Waals surface area contributed by atoms with Crippen LogP contribution in [-0.2, 0) is 10.0 Å². The number of rotatable bonds is 7. The molecule has 3 N–H and O–H groups in total. The number of anilines is 1. The van der Waals surface area contributed by atoms with Gasteiger partial charge in [0.15, 0.2) is 0 Å². The zero-order valence-corrected chi connectivity index (χ0v) is 13.4. The highest BCUT2D eigenvalue weighted by atomic mass is 32.2. The summed E-state index contributed by atoms with van der Waals surface area (Å²) in [4.78, 5) is 2.11. The zero-order chi connectivity index (χ0) is 16.0. The van der Waals surface area contributed by atoms with Crippen molar-refractivity contribution in [3.63, 3.8) is 0 Å². The molecular formula is C14H22N4O2S. The first kappa shape index (κ1) is 17.4. The molecule has 0 amide bonds. The molecule has 0 aliphatic rings. The molecule has 0 spiro atoms. The predicted octanol–water partition coefficient (Wildman–Crippen LogP) is 1.15. The van der Waals surface area contributed by atoms with E-state index in [4.69, 9.17) is 11.0 Å². The Balaban J connectivity index is 2.69. The van der Waals surface area contributed by atoms with E-state index in [1.54, 1.807) is 0 Å². The van der Waals surface area contributed by atoms with Crippen LogP contribution in [0.2, 0.25) is 0 Å². The quantitative estimate of drug-likeness (QED) is 0.581. The van der Waals surface area contributed by atoms with Crippen molar-refractivity contribution < 1.29 is 8.42 Å². The van der Waals surface area contributed by atoms with Crippen LogP contribution in [-0.4, -0.2) is 39.5 Å². The van der Waals surface area contributed by atoms with Crippen LogP contribution in [0.3, 0.4) is 0 Å². The van der Waals surface area contributed by atoms with Gasteiger partial charge in [0.25, 0.3) is 0 Å². The molecule has 0 heterocycles. The van der Waals surface area contributed by atoms with Crippen molar-refractivity contribution in [1.82, 2.24) is 9.62 Å². The van der Waals surface area contributed by atoms with E-state index >= 15 is 0 Å². The summed E-state index contributed by atoms with van der Waals surface area (Å²) in [6.45, 7) is 5.29. The standard InChI is InChI=1S/C14H22N4O2S/c1-11(2)18(3)8-4-7-17-21(19,20)14-6-5-13(16)9-12(14)10-15/h5-6,9,11,17H,4,7-8,16H2,1-3H3. The third-order valence-corrected chi connectivity index (χ3v) is 4.79. The number of nitrogen functional groups attached to an aromatic ring is 1. The fraction of sp³-hybridized carbons (Fsp3) is 0.500. The Morgan fingerprint density at radius 1 is 1.43 bits per heavy atom. The SMILES string of the molecule is CC(C)N(C)CCCNS(=O)(=O)c1ccc(N)cc1C#N. The van der Waals surface area contributed by atoms with E-state index in [9.17, 15) is 8.42 Å². The monoisotopic (exact) mass is 310 g/mol. The molecule has 0 aliphatic carbocycles. The second kappa shape index (κ2) is 7.41. The topological polar surface area (TPSA) is 99.2 Å². The number of nitriles is 1. The summed E-state index contributed by atoms with van der Waals surface area (Å²) in [7, 11) is -1.69. The van der Waals surface area contributed by atoms with Gasteiger partial charge in [-0.15, -0.1) is 0 Å². The molecular weight excluding hydrogens is 288 g/mol. The first-order valence-corrected chi connectivity index (χ1v) is 8.25. The summed E-state index contributed by atoms with van der Waals surface area (Å²) in [5.41, 5.74) is 5.98. The van der Waals surface area contributed by atoms with Crippen LogP contribution < -0.4 is 10.5 Å². The summed E-state index contributed by atoms with van der Waals surface area (Å²) in [6.07, 6.45) is 0.699. The highest BCUT2D eigenvalue weighted by molar-refractivity contribution is 7.89. The third-order valence-electron chi connectivity index (χ3n) is 3.27. The van der Waals surface area contributed by atoms with Crippen molar-refractivity contribution in [1.29, 1.82) is 5.26 Å². The van der Waals surface area contributed by atoms with Gasteiger partial charge in [0, 0.05) is 18.3 Å². The van der Waals surface area contributed by atoms with Crippen molar-refractivity contribution >= 4 is 15.7 Å². The Labute approximate surface area is 126 Å². The molecule has 6 nitrogen and oxygen atoms in total. The molecule has 0 atom stereocenters. The number of benzene rings is 1. The van der Waals surface area contributed by atoms with Gasteiger partial charge in [-0.3, -0.25) is 0 Å². The minimum absolute atomic E-state index is 0.0311. The zero-order valence-electron chi connectivity index (χ0n) is 12.6. The number of hydrogen-bond donors (Lipinski definition) is 2. The third kappa shape index (κ3) is 5.01. The maximum Gasteiger partial charge on any atom is 0.241 e. The van der Waals surface area contributed by atoms with Gasteiger partial charge in [-0.2, -0.15) is 5.26 Å². The highest BCUT2D eigenvalue weighted by Gasteiger charge is 2.18. The van der Waals surface area contributed by atoms with Gasteiger partial charge in [-0.25, -0.2) is 13.1 Å². The van der Waals surface area contributed by atoms with E-state index in [1.165, 1.54) is 18.2 Å². The summed E-state index contributed by atoms with van der Waals surface area (Å²) in [5, 5.41) is 9.01. The van der Waals surface area contributed by atoms with Crippen LogP contribution in [0, 0.1) is 11.3 Å². The molecule has 7 heteroatoms. The Morgan fingerprint density at radius 3 is 2.67 bits per heavy atom. The lowest BCUT2D eigenvalue weighted by Gasteiger charge is -2.20. The van der Waals surface area contributed by atoms with Crippen LogP contribution >= 0.6 is 0 Å². The molecule has 0 unspecified atom stereocenters. The highest BCUT2D eigenvalue weighted by Crippen LogP contribution is 2.17. The molecule has 0 fully saturated rings. The van der Waals surface area contributed by atoms with E-state index in [0.29, 0.717) is 24.7 Å². The number of nitrogens with two attached hydrogens (primary N) is 1. The minimum Gasteiger partial charge on any atom is -0.399 e. The molecule has 1 aromatic rings. The van der Waals surface area contributed by atoms with Gasteiger partial charge < -0.3 is 10.6 Å². The molecule has 0 bridgehead atoms. The second-order valence-electron chi connectivity index (χ2n) is 5.19. The number of hydrogen-bond acceptors (Lipinski definition) is 5. The van der Waals surface area contributed by atoms with Crippen LogP contribution in [0.25, 0.3) is 0 Å². The summed E-state index contributed by atoms with van der Waals surface area (Å²) >= 11 is 0. The second-order valence-corrected chi connectivity index (χ2v) is 6.93. The lowest BCUT2D eigenvalue weighted by molar-refractivity contribution is 0.271. The molecule has 0 aromatic heterocycles. The van der Waals surface area contributed by atoms with E-state index in [1.807, 2.05) is 13.1 Å². The lowest BCUT2D eigenvalue weighted by atomic mass is 10.2. The van der Waals surface area contributed by atoms with Gasteiger partial charge in [0.2, 0.25) is 10.0 Å². The van der Waals surface area contributed by atoms with Gasteiger partial charge in [-0.1, -0.05) is 0 Å². The van der Waals surface area contributed by atoms with Crippen molar-refractivity contribution in [3.05, 3.63) is 23.8 Å². The van der Waals surface area contributed by atoms with Crippen molar-refractivity contribution in [3.8, 4) is 6.07 Å². The summed E-state index contributed by atoms with van der Waals surface area (Å²) in [5.74, 6) is 0. The minimum atomic E-state index is -3.68. The van der Waals surface area contributed by atoms with Crippen molar-refractivity contribution in [2.45, 2.75) is 31.2 Å². The molecule has 0 saturated carbocycles. The fourth-order valence-corrected chi connectivity index (χ4v) is 2.95. The Kier molecular flexibility index (Phi) is 6.15. The van der Waals surface area contributed by atoms with Crippen molar-refractivity contribution in [2.75, 3.05) is 25.9 Å². The van der Waals surface area contributed by atoms with E-state index in [-0.39, 0.29) is 10.5 Å². The van der Waals surface area contributed by atoms with Crippen LogP contribution in [0.15, 0.2) is 23.1 Å². The maximum absolute atomic E-state index is 12.2. The van der Waals surface area contributed by atoms with E-state index in [0.717, 1.165) is 6.54 Å². The lowest BCUT2D eigenvalue weighted by Crippen LogP contribution is -2.31. The molecule has 21 heavy (non-hydrogen) atoms. The summed E-state index contributed by atoms with van der Waals surface area (Å²) < 4.78 is 26.9. The number of nitrogens with one attached hydrogen (secondary N) is 1. The average molecular weight is 310 g/mol. The molecule has 1 aromatic carbocycles. The molecule has 0 aliphatic heterocycles. The number of nitrogens with zero attached hydrogens (tertiary/aromatic N) is 2. The normalized spacial score (nSPS) is 11.8. The Morgan fingerprint density at radius 2 is 2.10 bits per heavy atom. The summed E-state index contributed by atoms with van der Waals surface area (Å²) in [6, 6.07) is 6.47. The predicted molar refractivity (Wildman–Crippen MR) is 83.1 cm³/mol.